The van der Waals surface area contributed by atoms with Crippen molar-refractivity contribution in [3.8, 4) is 22.9 Å². The number of hydrogen-bond acceptors (Lipinski definition) is 21. The van der Waals surface area contributed by atoms with Crippen LogP contribution < -0.4 is 31.0 Å². The molecule has 2 aromatic heterocycles. The molecule has 0 radical (unpaired) electrons. The number of carbonyl (C=O) groups is 6. The molecule has 87 heavy (non-hydrogen) atoms. The summed E-state index contributed by atoms with van der Waals surface area (Å²) in [5, 5.41) is 20.6. The molecule has 3 atom stereocenters. The molecular formula is C62H91N5O20. The SMILES string of the molecule is CCCOCCOCCOCCOCCOCCOCCOCCOCCC(=O)C[C@H](C(=O)N[C@@H](CCCCNC(=O)OC(C)(C)C)C(=O)CCC(=O)NCc1c2c(nc3cc4c(cc13)OCO4)-c1cc3c(c(=O)n1C2)COC(=O)[C@]3(O)CC)C(C)C. The van der Waals surface area contributed by atoms with Gasteiger partial charge in [-0.3, -0.25) is 24.0 Å². The molecule has 0 unspecified atom stereocenters. The molecule has 3 amide bonds. The number of amides is 3. The monoisotopic (exact) mass is 1230 g/mol. The van der Waals surface area contributed by atoms with Gasteiger partial charge in [0.25, 0.3) is 5.56 Å². The van der Waals surface area contributed by atoms with E-state index in [4.69, 9.17) is 61.8 Å². The van der Waals surface area contributed by atoms with Gasteiger partial charge in [-0.05, 0) is 76.5 Å². The van der Waals surface area contributed by atoms with Crippen LogP contribution in [0.15, 0.2) is 23.0 Å². The lowest BCUT2D eigenvalue weighted by Gasteiger charge is -2.31. The summed E-state index contributed by atoms with van der Waals surface area (Å²) in [5.74, 6) is -2.45. The minimum Gasteiger partial charge on any atom is -0.458 e. The second-order valence-electron chi connectivity index (χ2n) is 22.7. The molecular weight excluding hydrogens is 1130 g/mol. The second-order valence-corrected chi connectivity index (χ2v) is 22.7. The summed E-state index contributed by atoms with van der Waals surface area (Å²) in [6, 6.07) is 4.08. The molecule has 484 valence electrons. The van der Waals surface area contributed by atoms with Crippen LogP contribution in [-0.2, 0) is 96.6 Å². The van der Waals surface area contributed by atoms with E-state index >= 15 is 0 Å². The molecule has 5 heterocycles. The lowest BCUT2D eigenvalue weighted by atomic mass is 9.86. The maximum absolute atomic E-state index is 14.1. The van der Waals surface area contributed by atoms with Crippen molar-refractivity contribution in [2.75, 3.05) is 119 Å². The highest BCUT2D eigenvalue weighted by atomic mass is 16.7. The number of nitrogens with one attached hydrogen (secondary N) is 3. The van der Waals surface area contributed by atoms with Gasteiger partial charge in [0.05, 0.1) is 134 Å². The second kappa shape index (κ2) is 35.7. The van der Waals surface area contributed by atoms with Gasteiger partial charge in [0.15, 0.2) is 22.9 Å². The van der Waals surface area contributed by atoms with E-state index in [0.717, 1.165) is 13.0 Å². The number of alkyl carbamates (subject to hydrolysis) is 1. The number of unbranched alkanes of at least 4 members (excludes halogenated alkanes) is 1. The first-order valence-corrected chi connectivity index (χ1v) is 30.5. The van der Waals surface area contributed by atoms with Gasteiger partial charge in [0, 0.05) is 73.9 Å². The molecule has 3 aromatic rings. The summed E-state index contributed by atoms with van der Waals surface area (Å²) in [6.07, 6.45) is 0.988. The number of nitrogens with zero attached hydrogens (tertiary/aromatic N) is 2. The normalized spacial score (nSPS) is 15.6. The number of benzene rings is 1. The highest BCUT2D eigenvalue weighted by molar-refractivity contribution is 5.94. The van der Waals surface area contributed by atoms with Crippen LogP contribution in [0.1, 0.15) is 129 Å². The molecule has 3 aliphatic rings. The quantitative estimate of drug-likeness (QED) is 0.0330. The summed E-state index contributed by atoms with van der Waals surface area (Å²) >= 11 is 0. The molecule has 25 heteroatoms. The minimum absolute atomic E-state index is 0.00298. The number of ether oxygens (including phenoxy) is 12. The molecule has 0 saturated carbocycles. The van der Waals surface area contributed by atoms with Crippen molar-refractivity contribution in [3.63, 3.8) is 0 Å². The molecule has 0 saturated heterocycles. The van der Waals surface area contributed by atoms with Crippen LogP contribution in [0.4, 0.5) is 4.79 Å². The van der Waals surface area contributed by atoms with Gasteiger partial charge in [0.2, 0.25) is 18.6 Å². The van der Waals surface area contributed by atoms with E-state index in [-0.39, 0.29) is 108 Å². The van der Waals surface area contributed by atoms with Crippen molar-refractivity contribution in [3.05, 3.63) is 50.8 Å². The fraction of sp³-hybridized carbons (Fsp3) is 0.677. The van der Waals surface area contributed by atoms with Gasteiger partial charge in [-0.2, -0.15) is 0 Å². The molecule has 25 nitrogen and oxygen atoms in total. The van der Waals surface area contributed by atoms with Crippen LogP contribution in [0.5, 0.6) is 11.5 Å². The Labute approximate surface area is 508 Å². The molecule has 3 aliphatic heterocycles. The smallest absolute Gasteiger partial charge is 0.407 e. The molecule has 0 bridgehead atoms. The number of pyridine rings is 2. The summed E-state index contributed by atoms with van der Waals surface area (Å²) in [7, 11) is 0. The Morgan fingerprint density at radius 3 is 1.85 bits per heavy atom. The van der Waals surface area contributed by atoms with E-state index in [1.165, 1.54) is 4.57 Å². The highest BCUT2D eigenvalue weighted by Crippen LogP contribution is 2.43. The molecule has 0 aliphatic carbocycles. The van der Waals surface area contributed by atoms with Crippen molar-refractivity contribution in [2.45, 2.75) is 143 Å². The summed E-state index contributed by atoms with van der Waals surface area (Å²) < 4.78 is 67.5. The van der Waals surface area contributed by atoms with E-state index in [1.54, 1.807) is 45.9 Å². The first-order chi connectivity index (χ1) is 41.8. The Morgan fingerprint density at radius 1 is 0.713 bits per heavy atom. The number of fused-ring (bicyclic) bond motifs is 6. The Bertz CT molecular complexity index is 2820. The maximum atomic E-state index is 14.1. The van der Waals surface area contributed by atoms with Crippen molar-refractivity contribution >= 4 is 46.3 Å². The van der Waals surface area contributed by atoms with E-state index in [0.29, 0.717) is 144 Å². The van der Waals surface area contributed by atoms with Crippen LogP contribution in [0.2, 0.25) is 0 Å². The van der Waals surface area contributed by atoms with Gasteiger partial charge in [-0.15, -0.1) is 0 Å². The van der Waals surface area contributed by atoms with Gasteiger partial charge in [-0.25, -0.2) is 14.6 Å². The number of cyclic esters (lactones) is 1. The number of aromatic nitrogens is 2. The fourth-order valence-electron chi connectivity index (χ4n) is 9.96. The number of aliphatic hydroxyl groups is 1. The third-order valence-corrected chi connectivity index (χ3v) is 14.7. The zero-order valence-corrected chi connectivity index (χ0v) is 51.8. The predicted octanol–water partition coefficient (Wildman–Crippen LogP) is 5.12. The van der Waals surface area contributed by atoms with E-state index in [1.807, 2.05) is 13.8 Å². The van der Waals surface area contributed by atoms with Gasteiger partial charge >= 0.3 is 12.1 Å². The van der Waals surface area contributed by atoms with E-state index in [2.05, 4.69) is 22.9 Å². The minimum atomic E-state index is -2.03. The average molecular weight is 1230 g/mol. The molecule has 6 rings (SSSR count). The van der Waals surface area contributed by atoms with Crippen LogP contribution in [0, 0.1) is 11.8 Å². The van der Waals surface area contributed by atoms with Crippen molar-refractivity contribution in [1.82, 2.24) is 25.5 Å². The highest BCUT2D eigenvalue weighted by Gasteiger charge is 2.46. The van der Waals surface area contributed by atoms with Crippen LogP contribution in [-0.4, -0.2) is 181 Å². The Kier molecular flexibility index (Phi) is 28.7. The fourth-order valence-corrected chi connectivity index (χ4v) is 9.96. The Morgan fingerprint density at radius 2 is 1.29 bits per heavy atom. The standard InChI is InChI=1S/C62H91N5O20/c1-8-17-76-19-21-78-23-25-80-27-29-82-31-32-83-30-28-81-26-24-79-22-20-77-18-15-42(68)33-43(41(3)4)57(71)66-49(12-10-11-16-63-60(74)87-61(5,6)7)52(69)13-14-55(70)64-37-45-44-34-53-54(86-40-85-53)36-50(44)65-56-46(45)38-67-51(56)35-48-47(58(67)72)39-84-59(73)62(48,75)9-2/h34-36,41,43,49,75H,8-33,37-40H2,1-7H3,(H,63,74)(H,64,70)(H,66,71)/t43-,49-,62-/m0/s1. The van der Waals surface area contributed by atoms with Crippen LogP contribution in [0.25, 0.3) is 22.3 Å². The van der Waals surface area contributed by atoms with E-state index in [9.17, 15) is 38.7 Å². The average Bonchev–Trinajstić information content (AvgIpc) is 1.67. The van der Waals surface area contributed by atoms with Crippen molar-refractivity contribution < 1.29 is 90.7 Å². The number of rotatable bonds is 43. The molecule has 0 spiro atoms. The first-order valence-electron chi connectivity index (χ1n) is 30.5. The number of carbonyl (C=O) groups excluding carboxylic acids is 6. The Balaban J connectivity index is 0.942. The molecule has 0 fully saturated rings. The van der Waals surface area contributed by atoms with Gasteiger partial charge < -0.3 is 82.5 Å². The number of esters is 1. The van der Waals surface area contributed by atoms with Crippen molar-refractivity contribution in [1.29, 1.82) is 0 Å². The summed E-state index contributed by atoms with van der Waals surface area (Å²) in [6.45, 7) is 19.6. The zero-order chi connectivity index (χ0) is 62.8. The molecule has 1 aromatic carbocycles. The third kappa shape index (κ3) is 21.5. The number of hydrogen-bond donors (Lipinski definition) is 4. The first kappa shape index (κ1) is 69.9. The lowest BCUT2D eigenvalue weighted by Crippen LogP contribution is -2.45. The van der Waals surface area contributed by atoms with E-state index < -0.39 is 58.4 Å². The predicted molar refractivity (Wildman–Crippen MR) is 316 cm³/mol. The van der Waals surface area contributed by atoms with Crippen molar-refractivity contribution in [2.24, 2.45) is 11.8 Å². The largest absolute Gasteiger partial charge is 0.458 e. The molecule has 4 N–H and O–H groups in total. The zero-order valence-electron chi connectivity index (χ0n) is 51.8. The Hall–Kier alpha value is -6.16. The summed E-state index contributed by atoms with van der Waals surface area (Å²) in [5.41, 5.74) is -0.303. The van der Waals surface area contributed by atoms with Crippen LogP contribution in [0.3, 0.4) is 0 Å². The topological polar surface area (TPSA) is 304 Å². The number of Topliss-reactive ketones (excluding diaryl/α,β-unsaturated/α-hetero) is 2. The van der Waals surface area contributed by atoms with Gasteiger partial charge in [0.1, 0.15) is 18.0 Å². The van der Waals surface area contributed by atoms with Crippen LogP contribution >= 0.6 is 0 Å². The lowest BCUT2D eigenvalue weighted by molar-refractivity contribution is -0.172. The maximum Gasteiger partial charge on any atom is 0.407 e. The summed E-state index contributed by atoms with van der Waals surface area (Å²) in [4.78, 5) is 99.3. The third-order valence-electron chi connectivity index (χ3n) is 14.7. The van der Waals surface area contributed by atoms with Gasteiger partial charge in [-0.1, -0.05) is 27.7 Å². The number of ketones is 2.